The zero-order valence-corrected chi connectivity index (χ0v) is 8.50. The molecule has 0 N–H and O–H groups in total. The molecule has 0 spiro atoms. The molecule has 4 heteroatoms. The van der Waals surface area contributed by atoms with Crippen molar-refractivity contribution in [2.75, 3.05) is 0 Å². The quantitative estimate of drug-likeness (QED) is 0.648. The van der Waals surface area contributed by atoms with Crippen LogP contribution in [0.4, 0.5) is 0 Å². The van der Waals surface area contributed by atoms with Crippen molar-refractivity contribution < 1.29 is 0 Å². The van der Waals surface area contributed by atoms with Crippen LogP contribution in [0.25, 0.3) is 10.2 Å². The van der Waals surface area contributed by atoms with Gasteiger partial charge in [-0.3, -0.25) is 0 Å². The maximum atomic E-state index is 5.94. The maximum Gasteiger partial charge on any atom is 0.126 e. The number of rotatable bonds is 0. The van der Waals surface area contributed by atoms with Crippen LogP contribution in [0, 0.1) is 0 Å². The molecule has 2 aromatic rings. The van der Waals surface area contributed by atoms with E-state index in [9.17, 15) is 0 Å². The van der Waals surface area contributed by atoms with Gasteiger partial charge in [0.1, 0.15) is 9.43 Å². The molecule has 0 fully saturated rings. The molecule has 0 saturated heterocycles. The van der Waals surface area contributed by atoms with Crippen LogP contribution in [0.5, 0.6) is 0 Å². The predicted octanol–water partition coefficient (Wildman–Crippen LogP) is 3.71. The van der Waals surface area contributed by atoms with E-state index in [1.807, 2.05) is 11.4 Å². The number of halogens is 2. The molecule has 0 bridgehead atoms. The number of thiophene rings is 1. The van der Waals surface area contributed by atoms with Crippen molar-refractivity contribution >= 4 is 49.1 Å². The summed E-state index contributed by atoms with van der Waals surface area (Å²) in [7, 11) is 0. The SMILES string of the molecule is Clc1cc(Br)nc2sccc12. The normalized spacial score (nSPS) is 10.7. The summed E-state index contributed by atoms with van der Waals surface area (Å²) in [6.07, 6.45) is 0. The zero-order chi connectivity index (χ0) is 7.84. The van der Waals surface area contributed by atoms with E-state index in [1.165, 1.54) is 0 Å². The highest BCUT2D eigenvalue weighted by Crippen LogP contribution is 2.28. The van der Waals surface area contributed by atoms with E-state index in [-0.39, 0.29) is 0 Å². The molecule has 0 radical (unpaired) electrons. The largest absolute Gasteiger partial charge is 0.230 e. The molecule has 2 aromatic heterocycles. The van der Waals surface area contributed by atoms with E-state index >= 15 is 0 Å². The van der Waals surface area contributed by atoms with Crippen molar-refractivity contribution in [1.29, 1.82) is 0 Å². The van der Waals surface area contributed by atoms with Crippen LogP contribution in [-0.4, -0.2) is 4.98 Å². The third kappa shape index (κ3) is 1.28. The Hall–Kier alpha value is -0.120. The summed E-state index contributed by atoms with van der Waals surface area (Å²) < 4.78 is 0.789. The number of hydrogen-bond donors (Lipinski definition) is 0. The van der Waals surface area contributed by atoms with E-state index in [2.05, 4.69) is 20.9 Å². The summed E-state index contributed by atoms with van der Waals surface area (Å²) in [5, 5.41) is 3.76. The lowest BCUT2D eigenvalue weighted by atomic mass is 10.3. The summed E-state index contributed by atoms with van der Waals surface area (Å²) in [6, 6.07) is 3.78. The molecule has 0 aliphatic heterocycles. The van der Waals surface area contributed by atoms with Crippen molar-refractivity contribution in [3.8, 4) is 0 Å². The first kappa shape index (κ1) is 7.53. The Morgan fingerprint density at radius 1 is 1.55 bits per heavy atom. The van der Waals surface area contributed by atoms with Crippen LogP contribution in [0.3, 0.4) is 0 Å². The number of hydrogen-bond acceptors (Lipinski definition) is 2. The van der Waals surface area contributed by atoms with Crippen LogP contribution < -0.4 is 0 Å². The average molecular weight is 249 g/mol. The fourth-order valence-corrected chi connectivity index (χ4v) is 2.64. The Kier molecular flexibility index (Phi) is 1.87. The van der Waals surface area contributed by atoms with Crippen molar-refractivity contribution in [1.82, 2.24) is 4.98 Å². The zero-order valence-electron chi connectivity index (χ0n) is 5.34. The van der Waals surface area contributed by atoms with Crippen LogP contribution in [0.15, 0.2) is 22.1 Å². The average Bonchev–Trinajstić information content (AvgIpc) is 2.34. The maximum absolute atomic E-state index is 5.94. The summed E-state index contributed by atoms with van der Waals surface area (Å²) in [5.41, 5.74) is 0. The number of pyridine rings is 1. The van der Waals surface area contributed by atoms with Gasteiger partial charge in [0.15, 0.2) is 0 Å². The molecular formula is C7H3BrClNS. The monoisotopic (exact) mass is 247 g/mol. The lowest BCUT2D eigenvalue weighted by Gasteiger charge is -1.93. The van der Waals surface area contributed by atoms with E-state index < -0.39 is 0 Å². The second kappa shape index (κ2) is 2.73. The van der Waals surface area contributed by atoms with Gasteiger partial charge in [-0.05, 0) is 33.4 Å². The molecule has 11 heavy (non-hydrogen) atoms. The van der Waals surface area contributed by atoms with Crippen molar-refractivity contribution in [3.63, 3.8) is 0 Å². The molecule has 0 unspecified atom stereocenters. The fourth-order valence-electron chi connectivity index (χ4n) is 0.881. The molecule has 0 atom stereocenters. The minimum atomic E-state index is 0.753. The first-order chi connectivity index (χ1) is 5.27. The van der Waals surface area contributed by atoms with E-state index in [0.29, 0.717) is 0 Å². The van der Waals surface area contributed by atoms with Crippen molar-refractivity contribution in [2.24, 2.45) is 0 Å². The molecule has 0 amide bonds. The third-order valence-electron chi connectivity index (χ3n) is 1.36. The molecule has 0 aliphatic rings. The Labute approximate surface area is 81.1 Å². The van der Waals surface area contributed by atoms with Crippen molar-refractivity contribution in [3.05, 3.63) is 27.1 Å². The minimum Gasteiger partial charge on any atom is -0.230 e. The van der Waals surface area contributed by atoms with Gasteiger partial charge in [0.2, 0.25) is 0 Å². The van der Waals surface area contributed by atoms with Gasteiger partial charge in [-0.15, -0.1) is 11.3 Å². The summed E-state index contributed by atoms with van der Waals surface area (Å²) in [6.45, 7) is 0. The van der Waals surface area contributed by atoms with Gasteiger partial charge in [0.05, 0.1) is 5.02 Å². The lowest BCUT2D eigenvalue weighted by molar-refractivity contribution is 1.38. The van der Waals surface area contributed by atoms with Crippen LogP contribution in [0.1, 0.15) is 0 Å². The highest BCUT2D eigenvalue weighted by atomic mass is 79.9. The van der Waals surface area contributed by atoms with E-state index in [0.717, 1.165) is 19.8 Å². The Morgan fingerprint density at radius 2 is 2.36 bits per heavy atom. The van der Waals surface area contributed by atoms with Gasteiger partial charge < -0.3 is 0 Å². The number of aromatic nitrogens is 1. The second-order valence-electron chi connectivity index (χ2n) is 2.07. The Bertz CT molecular complexity index is 398. The molecule has 0 saturated carbocycles. The van der Waals surface area contributed by atoms with Gasteiger partial charge in [-0.2, -0.15) is 0 Å². The molecule has 1 nitrogen and oxygen atoms in total. The standard InChI is InChI=1S/C7H3BrClNS/c8-6-3-5(9)4-1-2-11-7(4)10-6/h1-3H. The van der Waals surface area contributed by atoms with E-state index in [1.54, 1.807) is 17.4 Å². The van der Waals surface area contributed by atoms with Gasteiger partial charge >= 0.3 is 0 Å². The van der Waals surface area contributed by atoms with Crippen LogP contribution >= 0.6 is 38.9 Å². The molecular weight excluding hydrogens is 246 g/mol. The van der Waals surface area contributed by atoms with Gasteiger partial charge in [0.25, 0.3) is 0 Å². The topological polar surface area (TPSA) is 12.9 Å². The highest BCUT2D eigenvalue weighted by Gasteiger charge is 2.02. The lowest BCUT2D eigenvalue weighted by Crippen LogP contribution is -1.74. The second-order valence-corrected chi connectivity index (χ2v) is 4.18. The molecule has 0 aromatic carbocycles. The number of nitrogens with zero attached hydrogens (tertiary/aromatic N) is 1. The van der Waals surface area contributed by atoms with Gasteiger partial charge in [0, 0.05) is 5.39 Å². The predicted molar refractivity (Wildman–Crippen MR) is 52.3 cm³/mol. The van der Waals surface area contributed by atoms with E-state index in [4.69, 9.17) is 11.6 Å². The third-order valence-corrected chi connectivity index (χ3v) is 2.88. The fraction of sp³-hybridized carbons (Fsp3) is 0. The first-order valence-corrected chi connectivity index (χ1v) is 5.01. The van der Waals surface area contributed by atoms with Crippen LogP contribution in [0.2, 0.25) is 5.02 Å². The van der Waals surface area contributed by atoms with Crippen LogP contribution in [-0.2, 0) is 0 Å². The van der Waals surface area contributed by atoms with Gasteiger partial charge in [-0.1, -0.05) is 11.6 Å². The Morgan fingerprint density at radius 3 is 3.18 bits per heavy atom. The molecule has 2 heterocycles. The summed E-state index contributed by atoms with van der Waals surface area (Å²) in [4.78, 5) is 5.22. The highest BCUT2D eigenvalue weighted by molar-refractivity contribution is 9.10. The minimum absolute atomic E-state index is 0.753. The molecule has 2 rings (SSSR count). The smallest absolute Gasteiger partial charge is 0.126 e. The molecule has 56 valence electrons. The van der Waals surface area contributed by atoms with Gasteiger partial charge in [-0.25, -0.2) is 4.98 Å². The Balaban J connectivity index is 2.91. The summed E-state index contributed by atoms with van der Waals surface area (Å²) >= 11 is 10.8. The first-order valence-electron chi connectivity index (χ1n) is 2.96. The molecule has 0 aliphatic carbocycles. The number of fused-ring (bicyclic) bond motifs is 1. The summed E-state index contributed by atoms with van der Waals surface area (Å²) in [5.74, 6) is 0. The van der Waals surface area contributed by atoms with Crippen molar-refractivity contribution in [2.45, 2.75) is 0 Å².